The molecule has 6 rings (SSSR count). The van der Waals surface area contributed by atoms with Crippen LogP contribution >= 0.6 is 0 Å². The van der Waals surface area contributed by atoms with Gasteiger partial charge in [0, 0.05) is 19.3 Å². The zero-order valence-electron chi connectivity index (χ0n) is 18.8. The van der Waals surface area contributed by atoms with Crippen molar-refractivity contribution in [2.24, 2.45) is 57.7 Å². The van der Waals surface area contributed by atoms with Gasteiger partial charge in [-0.25, -0.2) is 0 Å². The van der Waals surface area contributed by atoms with Gasteiger partial charge in [0.2, 0.25) is 0 Å². The van der Waals surface area contributed by atoms with Crippen molar-refractivity contribution in [3.05, 3.63) is 11.6 Å². The highest BCUT2D eigenvalue weighted by Gasteiger charge is 2.76. The molecular weight excluding hydrogens is 356 g/mol. The molecule has 2 heteroatoms. The molecule has 0 aromatic rings. The zero-order chi connectivity index (χ0) is 20.3. The van der Waals surface area contributed by atoms with Crippen molar-refractivity contribution >= 4 is 11.6 Å². The lowest BCUT2D eigenvalue weighted by atomic mass is 9.40. The average molecular weight is 395 g/mol. The van der Waals surface area contributed by atoms with Crippen LogP contribution in [-0.4, -0.2) is 11.6 Å². The minimum absolute atomic E-state index is 0.245. The topological polar surface area (TPSA) is 34.1 Å². The van der Waals surface area contributed by atoms with E-state index in [4.69, 9.17) is 0 Å². The Kier molecular flexibility index (Phi) is 3.67. The molecule has 0 aromatic heterocycles. The average Bonchev–Trinajstić information content (AvgIpc) is 3.45. The van der Waals surface area contributed by atoms with Crippen LogP contribution < -0.4 is 0 Å². The van der Waals surface area contributed by atoms with E-state index < -0.39 is 0 Å². The lowest BCUT2D eigenvalue weighted by molar-refractivity contribution is -0.144. The van der Waals surface area contributed by atoms with Crippen LogP contribution in [0.15, 0.2) is 11.6 Å². The molecule has 158 valence electrons. The molecule has 0 amide bonds. The number of carbonyl (C=O) groups excluding carboxylic acids is 2. The summed E-state index contributed by atoms with van der Waals surface area (Å²) in [5.74, 6) is 6.35. The molecule has 0 aliphatic heterocycles. The minimum atomic E-state index is 0.245. The standard InChI is InChI=1S/C27H38O2/c1-15-16(2)23-20(25(3)9-5-18(29)13-21(15)25)8-10-26(4)24(23)19-14-22(19)27(26)11-6-17(28)7-12-27/h13,15-16,19-20,22-24H,5-12,14H2,1-4H3/t15-,16+,19-,20?,22+,23?,24?,25-,26+/m1/s1. The van der Waals surface area contributed by atoms with E-state index in [2.05, 4.69) is 33.8 Å². The van der Waals surface area contributed by atoms with Gasteiger partial charge in [0.05, 0.1) is 0 Å². The Bertz CT molecular complexity index is 812. The van der Waals surface area contributed by atoms with Gasteiger partial charge in [-0.3, -0.25) is 9.59 Å². The monoisotopic (exact) mass is 394 g/mol. The summed E-state index contributed by atoms with van der Waals surface area (Å²) in [6.45, 7) is 10.1. The van der Waals surface area contributed by atoms with E-state index in [1.807, 2.05) is 0 Å². The zero-order valence-corrected chi connectivity index (χ0v) is 18.8. The largest absolute Gasteiger partial charge is 0.300 e. The number of Topliss-reactive ketones (excluding diaryl/α,β-unsaturated/α-hetero) is 1. The van der Waals surface area contributed by atoms with Crippen LogP contribution in [0.5, 0.6) is 0 Å². The van der Waals surface area contributed by atoms with Crippen LogP contribution in [0.1, 0.15) is 85.5 Å². The first-order valence-electron chi connectivity index (χ1n) is 12.5. The molecular formula is C27H38O2. The van der Waals surface area contributed by atoms with E-state index >= 15 is 0 Å². The molecule has 29 heavy (non-hydrogen) atoms. The van der Waals surface area contributed by atoms with Crippen molar-refractivity contribution in [1.29, 1.82) is 0 Å². The van der Waals surface area contributed by atoms with Gasteiger partial charge in [-0.05, 0) is 102 Å². The number of rotatable bonds is 0. The molecule has 0 N–H and O–H groups in total. The fourth-order valence-corrected chi connectivity index (χ4v) is 10.5. The first kappa shape index (κ1) is 18.8. The number of hydrogen-bond donors (Lipinski definition) is 0. The smallest absolute Gasteiger partial charge is 0.155 e. The van der Waals surface area contributed by atoms with Gasteiger partial charge in [-0.1, -0.05) is 33.3 Å². The van der Waals surface area contributed by atoms with Gasteiger partial charge in [0.1, 0.15) is 5.78 Å². The SMILES string of the molecule is C[C@@H]1C2C(CC[C@@]3(C)C2[C@@H]2C[C@@H]2C32CCC(=O)CC2)[C@@]2(C)CCC(=O)C=C2[C@@H]1C. The summed E-state index contributed by atoms with van der Waals surface area (Å²) >= 11 is 0. The molecule has 1 spiro atoms. The molecule has 0 saturated heterocycles. The molecule has 6 aliphatic rings. The van der Waals surface area contributed by atoms with Gasteiger partial charge in [-0.15, -0.1) is 0 Å². The Morgan fingerprint density at radius 1 is 0.931 bits per heavy atom. The Morgan fingerprint density at radius 2 is 1.66 bits per heavy atom. The number of carbonyl (C=O) groups is 2. The summed E-state index contributed by atoms with van der Waals surface area (Å²) in [6, 6.07) is 0. The van der Waals surface area contributed by atoms with Crippen molar-refractivity contribution < 1.29 is 9.59 Å². The van der Waals surface area contributed by atoms with Crippen LogP contribution in [0, 0.1) is 57.7 Å². The van der Waals surface area contributed by atoms with Crippen LogP contribution in [-0.2, 0) is 9.59 Å². The maximum Gasteiger partial charge on any atom is 0.155 e. The van der Waals surface area contributed by atoms with E-state index in [1.165, 1.54) is 37.7 Å². The first-order chi connectivity index (χ1) is 13.7. The number of ketones is 2. The summed E-state index contributed by atoms with van der Waals surface area (Å²) in [4.78, 5) is 24.4. The molecule has 0 radical (unpaired) electrons. The maximum absolute atomic E-state index is 12.3. The van der Waals surface area contributed by atoms with E-state index in [1.54, 1.807) is 0 Å². The summed E-state index contributed by atoms with van der Waals surface area (Å²) in [5.41, 5.74) is 2.64. The number of fused-ring (bicyclic) bond motifs is 9. The van der Waals surface area contributed by atoms with E-state index in [0.29, 0.717) is 34.2 Å². The quantitative estimate of drug-likeness (QED) is 0.505. The molecule has 0 bridgehead atoms. The van der Waals surface area contributed by atoms with Gasteiger partial charge < -0.3 is 0 Å². The van der Waals surface area contributed by atoms with Crippen molar-refractivity contribution in [3.63, 3.8) is 0 Å². The normalized spacial score (nSPS) is 54.9. The third kappa shape index (κ3) is 2.10. The third-order valence-corrected chi connectivity index (χ3v) is 12.0. The molecule has 9 atom stereocenters. The molecule has 6 aliphatic carbocycles. The second-order valence-corrected chi connectivity index (χ2v) is 12.5. The second kappa shape index (κ2) is 5.65. The first-order valence-corrected chi connectivity index (χ1v) is 12.5. The lowest BCUT2D eigenvalue weighted by Gasteiger charge is -2.64. The van der Waals surface area contributed by atoms with Crippen LogP contribution in [0.4, 0.5) is 0 Å². The summed E-state index contributed by atoms with van der Waals surface area (Å²) in [6.07, 6.45) is 12.1. The maximum atomic E-state index is 12.3. The fourth-order valence-electron chi connectivity index (χ4n) is 10.5. The predicted octanol–water partition coefficient (Wildman–Crippen LogP) is 6.00. The fraction of sp³-hybridized carbons (Fsp3) is 0.852. The van der Waals surface area contributed by atoms with Crippen LogP contribution in [0.25, 0.3) is 0 Å². The third-order valence-electron chi connectivity index (χ3n) is 12.0. The number of hydrogen-bond acceptors (Lipinski definition) is 2. The van der Waals surface area contributed by atoms with Gasteiger partial charge in [-0.2, -0.15) is 0 Å². The molecule has 5 saturated carbocycles. The van der Waals surface area contributed by atoms with Crippen molar-refractivity contribution in [2.75, 3.05) is 0 Å². The van der Waals surface area contributed by atoms with Gasteiger partial charge in [0.25, 0.3) is 0 Å². The Morgan fingerprint density at radius 3 is 2.38 bits per heavy atom. The highest BCUT2D eigenvalue weighted by atomic mass is 16.1. The highest BCUT2D eigenvalue weighted by Crippen LogP contribution is 2.82. The lowest BCUT2D eigenvalue weighted by Crippen LogP contribution is -2.58. The molecule has 5 fully saturated rings. The molecule has 0 aromatic carbocycles. The Balaban J connectivity index is 1.43. The van der Waals surface area contributed by atoms with Gasteiger partial charge >= 0.3 is 0 Å². The van der Waals surface area contributed by atoms with Crippen LogP contribution in [0.2, 0.25) is 0 Å². The van der Waals surface area contributed by atoms with Crippen molar-refractivity contribution in [1.82, 2.24) is 0 Å². The van der Waals surface area contributed by atoms with E-state index in [0.717, 1.165) is 55.3 Å². The Labute approximate surface area is 176 Å². The highest BCUT2D eigenvalue weighted by molar-refractivity contribution is 5.91. The van der Waals surface area contributed by atoms with Crippen molar-refractivity contribution in [3.8, 4) is 0 Å². The molecule has 2 nitrogen and oxygen atoms in total. The molecule has 3 unspecified atom stereocenters. The Hall–Kier alpha value is -0.920. The van der Waals surface area contributed by atoms with Crippen LogP contribution in [0.3, 0.4) is 0 Å². The predicted molar refractivity (Wildman–Crippen MR) is 114 cm³/mol. The summed E-state index contributed by atoms with van der Waals surface area (Å²) in [5, 5.41) is 0. The minimum Gasteiger partial charge on any atom is -0.300 e. The van der Waals surface area contributed by atoms with Gasteiger partial charge in [0.15, 0.2) is 5.78 Å². The summed E-state index contributed by atoms with van der Waals surface area (Å²) < 4.78 is 0. The second-order valence-electron chi connectivity index (χ2n) is 12.5. The van der Waals surface area contributed by atoms with Crippen molar-refractivity contribution in [2.45, 2.75) is 85.5 Å². The van der Waals surface area contributed by atoms with E-state index in [-0.39, 0.29) is 5.41 Å². The summed E-state index contributed by atoms with van der Waals surface area (Å²) in [7, 11) is 0. The molecule has 0 heterocycles. The number of allylic oxidation sites excluding steroid dienone is 1. The van der Waals surface area contributed by atoms with E-state index in [9.17, 15) is 9.59 Å².